The number of rotatable bonds is 46. The van der Waals surface area contributed by atoms with E-state index in [1.54, 1.807) is 0 Å². The number of hydrogen-bond donors (Lipinski definition) is 0. The van der Waals surface area contributed by atoms with E-state index in [9.17, 15) is 14.4 Å². The second-order valence-electron chi connectivity index (χ2n) is 17.1. The first-order valence-electron chi connectivity index (χ1n) is 25.6. The molecule has 0 aliphatic rings. The maximum Gasteiger partial charge on any atom is 0.306 e. The lowest BCUT2D eigenvalue weighted by molar-refractivity contribution is -0.167. The van der Waals surface area contributed by atoms with Gasteiger partial charge >= 0.3 is 17.9 Å². The molecule has 0 rings (SSSR count). The van der Waals surface area contributed by atoms with E-state index >= 15 is 0 Å². The zero-order valence-electron chi connectivity index (χ0n) is 39.7. The van der Waals surface area contributed by atoms with E-state index in [4.69, 9.17) is 14.2 Å². The highest BCUT2D eigenvalue weighted by molar-refractivity contribution is 5.71. The third kappa shape index (κ3) is 46.4. The molecule has 0 bridgehead atoms. The zero-order valence-corrected chi connectivity index (χ0v) is 39.7. The average molecular weight is 841 g/mol. The van der Waals surface area contributed by atoms with Crippen molar-refractivity contribution < 1.29 is 28.6 Å². The van der Waals surface area contributed by atoms with Crippen LogP contribution >= 0.6 is 0 Å². The van der Waals surface area contributed by atoms with E-state index in [-0.39, 0.29) is 31.1 Å². The predicted octanol–water partition coefficient (Wildman–Crippen LogP) is 16.7. The molecule has 1 unspecified atom stereocenters. The molecule has 60 heavy (non-hydrogen) atoms. The first kappa shape index (κ1) is 57.4. The summed E-state index contributed by atoms with van der Waals surface area (Å²) in [6.45, 7) is 6.57. The Morgan fingerprint density at radius 2 is 0.600 bits per heavy atom. The zero-order chi connectivity index (χ0) is 43.7. The number of unbranched alkanes of at least 4 members (excludes halogenated alkanes) is 27. The normalized spacial score (nSPS) is 12.4. The van der Waals surface area contributed by atoms with Gasteiger partial charge in [-0.25, -0.2) is 0 Å². The Bertz CT molecular complexity index is 1060. The molecule has 0 radical (unpaired) electrons. The molecular formula is C54H96O6. The second kappa shape index (κ2) is 49.0. The number of carbonyl (C=O) groups is 3. The van der Waals surface area contributed by atoms with Crippen LogP contribution in [0.1, 0.15) is 258 Å². The van der Waals surface area contributed by atoms with Crippen molar-refractivity contribution in [1.82, 2.24) is 0 Å². The van der Waals surface area contributed by atoms with Gasteiger partial charge in [0.15, 0.2) is 6.10 Å². The van der Waals surface area contributed by atoms with Gasteiger partial charge in [0.05, 0.1) is 0 Å². The molecule has 0 aliphatic carbocycles. The summed E-state index contributed by atoms with van der Waals surface area (Å²) < 4.78 is 16.8. The molecule has 0 fully saturated rings. The molecule has 0 spiro atoms. The van der Waals surface area contributed by atoms with Crippen molar-refractivity contribution >= 4 is 17.9 Å². The minimum atomic E-state index is -0.782. The summed E-state index contributed by atoms with van der Waals surface area (Å²) in [5.74, 6) is -0.904. The van der Waals surface area contributed by atoms with E-state index in [1.165, 1.54) is 116 Å². The Morgan fingerprint density at radius 3 is 0.950 bits per heavy atom. The Hall–Kier alpha value is -2.63. The standard InChI is InChI=1S/C54H96O6/c1-4-7-10-13-16-19-22-25-27-29-32-35-38-41-44-47-53(56)59-50-51(49-58-52(55)46-43-40-37-34-31-24-21-18-15-12-9-6-3)60-54(57)48-45-42-39-36-33-30-28-26-23-20-17-14-11-8-5-2/h16-17,19-20,25-28,51H,4-15,18,21-24,29-50H2,1-3H3. The summed E-state index contributed by atoms with van der Waals surface area (Å²) in [6.07, 6.45) is 58.0. The molecule has 0 N–H and O–H groups in total. The lowest BCUT2D eigenvalue weighted by Crippen LogP contribution is -2.30. The maximum absolute atomic E-state index is 12.8. The van der Waals surface area contributed by atoms with Crippen molar-refractivity contribution in [3.8, 4) is 0 Å². The van der Waals surface area contributed by atoms with Crippen molar-refractivity contribution in [2.75, 3.05) is 13.2 Å². The lowest BCUT2D eigenvalue weighted by atomic mass is 10.0. The van der Waals surface area contributed by atoms with Crippen LogP contribution in [0.15, 0.2) is 48.6 Å². The monoisotopic (exact) mass is 841 g/mol. The van der Waals surface area contributed by atoms with Gasteiger partial charge in [0.2, 0.25) is 0 Å². The molecular weight excluding hydrogens is 745 g/mol. The number of allylic oxidation sites excluding steroid dienone is 8. The van der Waals surface area contributed by atoms with E-state index in [2.05, 4.69) is 69.4 Å². The van der Waals surface area contributed by atoms with Gasteiger partial charge in [-0.1, -0.05) is 204 Å². The summed E-state index contributed by atoms with van der Waals surface area (Å²) in [4.78, 5) is 37.9. The van der Waals surface area contributed by atoms with Crippen molar-refractivity contribution in [2.45, 2.75) is 264 Å². The highest BCUT2D eigenvalue weighted by Gasteiger charge is 2.19. The van der Waals surface area contributed by atoms with Gasteiger partial charge in [0, 0.05) is 19.3 Å². The van der Waals surface area contributed by atoms with Gasteiger partial charge in [0.25, 0.3) is 0 Å². The molecule has 0 saturated heterocycles. The highest BCUT2D eigenvalue weighted by Crippen LogP contribution is 2.15. The van der Waals surface area contributed by atoms with Crippen LogP contribution in [0.2, 0.25) is 0 Å². The van der Waals surface area contributed by atoms with Crippen molar-refractivity contribution in [2.24, 2.45) is 0 Å². The Kier molecular flexibility index (Phi) is 46.9. The van der Waals surface area contributed by atoms with E-state index in [1.807, 2.05) is 0 Å². The largest absolute Gasteiger partial charge is 0.462 e. The van der Waals surface area contributed by atoms with Gasteiger partial charge in [-0.05, 0) is 83.5 Å². The van der Waals surface area contributed by atoms with Gasteiger partial charge < -0.3 is 14.2 Å². The van der Waals surface area contributed by atoms with Crippen molar-refractivity contribution in [3.05, 3.63) is 48.6 Å². The quantitative estimate of drug-likeness (QED) is 0.0263. The van der Waals surface area contributed by atoms with Crippen molar-refractivity contribution in [3.63, 3.8) is 0 Å². The number of hydrogen-bond acceptors (Lipinski definition) is 6. The molecule has 0 saturated carbocycles. The molecule has 0 aromatic heterocycles. The average Bonchev–Trinajstić information content (AvgIpc) is 3.24. The third-order valence-electron chi connectivity index (χ3n) is 11.1. The van der Waals surface area contributed by atoms with Gasteiger partial charge in [0.1, 0.15) is 13.2 Å². The lowest BCUT2D eigenvalue weighted by Gasteiger charge is -2.18. The molecule has 6 nitrogen and oxygen atoms in total. The fraction of sp³-hybridized carbons (Fsp3) is 0.796. The smallest absolute Gasteiger partial charge is 0.306 e. The molecule has 6 heteroatoms. The number of ether oxygens (including phenoxy) is 3. The predicted molar refractivity (Wildman–Crippen MR) is 256 cm³/mol. The molecule has 348 valence electrons. The first-order valence-corrected chi connectivity index (χ1v) is 25.6. The van der Waals surface area contributed by atoms with E-state index in [0.717, 1.165) is 103 Å². The summed E-state index contributed by atoms with van der Waals surface area (Å²) in [7, 11) is 0. The fourth-order valence-corrected chi connectivity index (χ4v) is 7.15. The van der Waals surface area contributed by atoms with E-state index < -0.39 is 6.10 Å². The first-order chi connectivity index (χ1) is 29.5. The van der Waals surface area contributed by atoms with Crippen LogP contribution in [0.4, 0.5) is 0 Å². The minimum Gasteiger partial charge on any atom is -0.462 e. The third-order valence-corrected chi connectivity index (χ3v) is 11.1. The minimum absolute atomic E-state index is 0.0814. The molecule has 0 heterocycles. The van der Waals surface area contributed by atoms with Crippen LogP contribution in [0.25, 0.3) is 0 Å². The molecule has 0 aliphatic heterocycles. The summed E-state index contributed by atoms with van der Waals surface area (Å²) in [5, 5.41) is 0. The Morgan fingerprint density at radius 1 is 0.333 bits per heavy atom. The topological polar surface area (TPSA) is 78.9 Å². The van der Waals surface area contributed by atoms with Crippen LogP contribution in [-0.2, 0) is 28.6 Å². The maximum atomic E-state index is 12.8. The van der Waals surface area contributed by atoms with Gasteiger partial charge in [-0.3, -0.25) is 14.4 Å². The van der Waals surface area contributed by atoms with Crippen molar-refractivity contribution in [1.29, 1.82) is 0 Å². The van der Waals surface area contributed by atoms with E-state index in [0.29, 0.717) is 19.3 Å². The Labute approximate surface area is 371 Å². The summed E-state index contributed by atoms with van der Waals surface area (Å²) in [6, 6.07) is 0. The van der Waals surface area contributed by atoms with Crippen LogP contribution in [0, 0.1) is 0 Å². The van der Waals surface area contributed by atoms with Gasteiger partial charge in [-0.15, -0.1) is 0 Å². The van der Waals surface area contributed by atoms with Crippen LogP contribution < -0.4 is 0 Å². The Balaban J connectivity index is 4.41. The SMILES string of the molecule is CCCCCC=CCC=CCCCCCCCC(=O)OCC(COC(=O)CCCCCCCCCCCCCC)OC(=O)CCCCCCCC=CCC=CCCCCC. The van der Waals surface area contributed by atoms with Crippen LogP contribution in [0.5, 0.6) is 0 Å². The molecule has 1 atom stereocenters. The fourth-order valence-electron chi connectivity index (χ4n) is 7.15. The van der Waals surface area contributed by atoms with Crippen LogP contribution in [0.3, 0.4) is 0 Å². The molecule has 0 amide bonds. The number of esters is 3. The highest BCUT2D eigenvalue weighted by atomic mass is 16.6. The molecule has 0 aromatic rings. The molecule has 0 aromatic carbocycles. The summed E-state index contributed by atoms with van der Waals surface area (Å²) >= 11 is 0. The second-order valence-corrected chi connectivity index (χ2v) is 17.1. The summed E-state index contributed by atoms with van der Waals surface area (Å²) in [5.41, 5.74) is 0. The van der Waals surface area contributed by atoms with Crippen LogP contribution in [-0.4, -0.2) is 37.2 Å². The van der Waals surface area contributed by atoms with Gasteiger partial charge in [-0.2, -0.15) is 0 Å². The number of carbonyl (C=O) groups excluding carboxylic acids is 3.